The van der Waals surface area contributed by atoms with Crippen molar-refractivity contribution in [1.82, 2.24) is 9.78 Å². The van der Waals surface area contributed by atoms with E-state index in [0.29, 0.717) is 17.3 Å². The minimum atomic E-state index is -2.64. The van der Waals surface area contributed by atoms with Crippen LogP contribution in [0.3, 0.4) is 0 Å². The number of carbonyl (C=O) groups is 1. The fourth-order valence-electron chi connectivity index (χ4n) is 2.20. The average molecular weight is 380 g/mol. The Balaban J connectivity index is 1.80. The lowest BCUT2D eigenvalue weighted by molar-refractivity contribution is 0.102. The standard InChI is InChI=1S/C17H12ClF2N3OS/c18-13-3-1-4-14(15(13)25-17(19)20)22-16(24)11-5-7-12(8-6-11)23-10-2-9-21-23/h1-10,17H,(H,22,24). The van der Waals surface area contributed by atoms with Crippen molar-refractivity contribution in [1.29, 1.82) is 0 Å². The van der Waals surface area contributed by atoms with Gasteiger partial charge in [0.2, 0.25) is 0 Å². The first kappa shape index (κ1) is 17.4. The minimum absolute atomic E-state index is 0.140. The molecule has 3 rings (SSSR count). The number of amides is 1. The van der Waals surface area contributed by atoms with Crippen LogP contribution in [0.15, 0.2) is 65.8 Å². The second kappa shape index (κ2) is 7.67. The maximum atomic E-state index is 12.7. The molecule has 0 unspecified atom stereocenters. The van der Waals surface area contributed by atoms with E-state index >= 15 is 0 Å². The van der Waals surface area contributed by atoms with Crippen LogP contribution in [0.4, 0.5) is 14.5 Å². The summed E-state index contributed by atoms with van der Waals surface area (Å²) in [7, 11) is 0. The monoisotopic (exact) mass is 379 g/mol. The first-order valence-electron chi connectivity index (χ1n) is 7.19. The van der Waals surface area contributed by atoms with E-state index in [2.05, 4.69) is 10.4 Å². The van der Waals surface area contributed by atoms with Crippen LogP contribution >= 0.6 is 23.4 Å². The summed E-state index contributed by atoms with van der Waals surface area (Å²) in [5.74, 6) is -3.05. The predicted octanol–water partition coefficient (Wildman–Crippen LogP) is 5.09. The SMILES string of the molecule is O=C(Nc1cccc(Cl)c1SC(F)F)c1ccc(-n2cccn2)cc1. The fourth-order valence-corrected chi connectivity index (χ4v) is 3.11. The summed E-state index contributed by atoms with van der Waals surface area (Å²) < 4.78 is 27.1. The van der Waals surface area contributed by atoms with Gasteiger partial charge >= 0.3 is 0 Å². The van der Waals surface area contributed by atoms with Gasteiger partial charge in [-0.05, 0) is 42.5 Å². The summed E-state index contributed by atoms with van der Waals surface area (Å²) in [6.45, 7) is 0. The lowest BCUT2D eigenvalue weighted by Crippen LogP contribution is -2.13. The predicted molar refractivity (Wildman–Crippen MR) is 94.8 cm³/mol. The molecule has 0 saturated heterocycles. The molecule has 1 N–H and O–H groups in total. The van der Waals surface area contributed by atoms with Crippen LogP contribution in [-0.4, -0.2) is 21.4 Å². The van der Waals surface area contributed by atoms with E-state index in [4.69, 9.17) is 11.6 Å². The van der Waals surface area contributed by atoms with Gasteiger partial charge < -0.3 is 5.32 Å². The van der Waals surface area contributed by atoms with Crippen molar-refractivity contribution >= 4 is 35.0 Å². The number of nitrogens with one attached hydrogen (secondary N) is 1. The number of carbonyl (C=O) groups excluding carboxylic acids is 1. The average Bonchev–Trinajstić information content (AvgIpc) is 3.12. The molecule has 0 saturated carbocycles. The molecule has 0 aliphatic heterocycles. The smallest absolute Gasteiger partial charge is 0.289 e. The molecule has 8 heteroatoms. The Morgan fingerprint density at radius 2 is 1.92 bits per heavy atom. The Morgan fingerprint density at radius 1 is 1.16 bits per heavy atom. The zero-order valence-corrected chi connectivity index (χ0v) is 14.3. The summed E-state index contributed by atoms with van der Waals surface area (Å²) in [5.41, 5.74) is 1.45. The summed E-state index contributed by atoms with van der Waals surface area (Å²) in [6.07, 6.45) is 3.44. The van der Waals surface area contributed by atoms with E-state index < -0.39 is 11.7 Å². The van der Waals surface area contributed by atoms with Crippen molar-refractivity contribution in [3.05, 3.63) is 71.5 Å². The van der Waals surface area contributed by atoms with E-state index in [1.54, 1.807) is 53.5 Å². The molecule has 0 aliphatic rings. The minimum Gasteiger partial charge on any atom is -0.321 e. The van der Waals surface area contributed by atoms with Crippen LogP contribution in [0, 0.1) is 0 Å². The second-order valence-corrected chi connectivity index (χ2v) is 6.35. The lowest BCUT2D eigenvalue weighted by atomic mass is 10.2. The molecule has 0 radical (unpaired) electrons. The van der Waals surface area contributed by atoms with Gasteiger partial charge in [0, 0.05) is 18.0 Å². The zero-order valence-electron chi connectivity index (χ0n) is 12.7. The first-order valence-corrected chi connectivity index (χ1v) is 8.45. The zero-order chi connectivity index (χ0) is 17.8. The molecule has 0 spiro atoms. The first-order chi connectivity index (χ1) is 12.0. The van der Waals surface area contributed by atoms with E-state index in [-0.39, 0.29) is 15.6 Å². The summed E-state index contributed by atoms with van der Waals surface area (Å²) >= 11 is 6.26. The Morgan fingerprint density at radius 3 is 2.56 bits per heavy atom. The number of aromatic nitrogens is 2. The van der Waals surface area contributed by atoms with E-state index in [0.717, 1.165) is 5.69 Å². The highest BCUT2D eigenvalue weighted by Crippen LogP contribution is 2.37. The maximum Gasteiger partial charge on any atom is 0.289 e. The molecule has 3 aromatic rings. The quantitative estimate of drug-likeness (QED) is 0.628. The van der Waals surface area contributed by atoms with Crippen molar-refractivity contribution in [2.45, 2.75) is 10.7 Å². The third-order valence-electron chi connectivity index (χ3n) is 3.32. The van der Waals surface area contributed by atoms with Gasteiger partial charge in [-0.2, -0.15) is 13.9 Å². The number of hydrogen-bond donors (Lipinski definition) is 1. The van der Waals surface area contributed by atoms with Gasteiger partial charge in [-0.1, -0.05) is 29.4 Å². The summed E-state index contributed by atoms with van der Waals surface area (Å²) in [6, 6.07) is 13.2. The van der Waals surface area contributed by atoms with E-state index in [1.807, 2.05) is 0 Å². The third-order valence-corrected chi connectivity index (χ3v) is 4.60. The highest BCUT2D eigenvalue weighted by Gasteiger charge is 2.16. The highest BCUT2D eigenvalue weighted by molar-refractivity contribution is 7.99. The van der Waals surface area contributed by atoms with Crippen molar-refractivity contribution in [3.63, 3.8) is 0 Å². The van der Waals surface area contributed by atoms with Crippen molar-refractivity contribution in [2.24, 2.45) is 0 Å². The number of rotatable bonds is 5. The van der Waals surface area contributed by atoms with Gasteiger partial charge in [0.25, 0.3) is 11.7 Å². The Bertz CT molecular complexity index is 870. The largest absolute Gasteiger partial charge is 0.321 e. The van der Waals surface area contributed by atoms with Gasteiger partial charge in [0.05, 0.1) is 21.3 Å². The van der Waals surface area contributed by atoms with E-state index in [9.17, 15) is 13.6 Å². The highest BCUT2D eigenvalue weighted by atomic mass is 35.5. The van der Waals surface area contributed by atoms with Crippen LogP contribution in [0.2, 0.25) is 5.02 Å². The number of halogens is 3. The summed E-state index contributed by atoms with van der Waals surface area (Å²) in [4.78, 5) is 12.5. The molecule has 1 amide bonds. The number of benzene rings is 2. The second-order valence-electron chi connectivity index (χ2n) is 4.95. The normalized spacial score (nSPS) is 10.9. The number of anilines is 1. The number of hydrogen-bond acceptors (Lipinski definition) is 3. The third kappa shape index (κ3) is 4.18. The maximum absolute atomic E-state index is 12.7. The van der Waals surface area contributed by atoms with Gasteiger partial charge in [-0.15, -0.1) is 0 Å². The molecule has 25 heavy (non-hydrogen) atoms. The molecule has 1 aromatic heterocycles. The number of alkyl halides is 2. The van der Waals surface area contributed by atoms with Crippen LogP contribution in [0.1, 0.15) is 10.4 Å². The Hall–Kier alpha value is -2.38. The van der Waals surface area contributed by atoms with Gasteiger partial charge in [0.1, 0.15) is 0 Å². The fraction of sp³-hybridized carbons (Fsp3) is 0.0588. The van der Waals surface area contributed by atoms with Gasteiger partial charge in [-0.3, -0.25) is 4.79 Å². The van der Waals surface area contributed by atoms with Crippen LogP contribution in [0.5, 0.6) is 0 Å². The van der Waals surface area contributed by atoms with Crippen molar-refractivity contribution < 1.29 is 13.6 Å². The molecular weight excluding hydrogens is 368 g/mol. The number of thioether (sulfide) groups is 1. The molecule has 0 bridgehead atoms. The van der Waals surface area contributed by atoms with Crippen LogP contribution in [0.25, 0.3) is 5.69 Å². The Labute approximate surface area is 151 Å². The molecule has 0 fully saturated rings. The molecule has 2 aromatic carbocycles. The topological polar surface area (TPSA) is 46.9 Å². The molecule has 0 aliphatic carbocycles. The Kier molecular flexibility index (Phi) is 5.35. The van der Waals surface area contributed by atoms with E-state index in [1.165, 1.54) is 12.1 Å². The molecule has 0 atom stereocenters. The molecule has 1 heterocycles. The molecule has 128 valence electrons. The van der Waals surface area contributed by atoms with Gasteiger partial charge in [-0.25, -0.2) is 4.68 Å². The molecule has 4 nitrogen and oxygen atoms in total. The van der Waals surface area contributed by atoms with Crippen molar-refractivity contribution in [3.8, 4) is 5.69 Å². The van der Waals surface area contributed by atoms with Gasteiger partial charge in [0.15, 0.2) is 0 Å². The van der Waals surface area contributed by atoms with Crippen molar-refractivity contribution in [2.75, 3.05) is 5.32 Å². The van der Waals surface area contributed by atoms with Crippen LogP contribution in [-0.2, 0) is 0 Å². The van der Waals surface area contributed by atoms with Crippen LogP contribution < -0.4 is 5.32 Å². The number of nitrogens with zero attached hydrogens (tertiary/aromatic N) is 2. The molecular formula is C17H12ClF2N3OS. The lowest BCUT2D eigenvalue weighted by Gasteiger charge is -2.12. The summed E-state index contributed by atoms with van der Waals surface area (Å²) in [5, 5.41) is 6.90.